The fraction of sp³-hybridized carbons (Fsp3) is 0.174. The van der Waals surface area contributed by atoms with Gasteiger partial charge in [-0.15, -0.1) is 0 Å². The molecule has 156 valence electrons. The van der Waals surface area contributed by atoms with E-state index in [9.17, 15) is 13.2 Å². The molecule has 3 aromatic rings. The highest BCUT2D eigenvalue weighted by Crippen LogP contribution is 2.24. The summed E-state index contributed by atoms with van der Waals surface area (Å²) in [6.45, 7) is 7.42. The Morgan fingerprint density at radius 1 is 0.800 bits per heavy atom. The van der Waals surface area contributed by atoms with Crippen LogP contribution in [-0.4, -0.2) is 14.3 Å². The summed E-state index contributed by atoms with van der Waals surface area (Å²) in [5.41, 5.74) is 4.74. The minimum Gasteiger partial charge on any atom is -0.322 e. The zero-order valence-corrected chi connectivity index (χ0v) is 18.8. The number of rotatable bonds is 5. The number of hydrogen-bond donors (Lipinski definition) is 2. The Labute approximate surface area is 182 Å². The van der Waals surface area contributed by atoms with E-state index in [1.165, 1.54) is 6.07 Å². The van der Waals surface area contributed by atoms with E-state index in [4.69, 9.17) is 11.6 Å². The molecule has 0 atom stereocenters. The van der Waals surface area contributed by atoms with E-state index in [2.05, 4.69) is 10.0 Å². The topological polar surface area (TPSA) is 75.3 Å². The number of carbonyl (C=O) groups is 1. The predicted molar refractivity (Wildman–Crippen MR) is 122 cm³/mol. The summed E-state index contributed by atoms with van der Waals surface area (Å²) in [5.74, 6) is -0.414. The minimum absolute atomic E-state index is 0.0520. The molecular weight excluding hydrogens is 420 g/mol. The highest BCUT2D eigenvalue weighted by atomic mass is 35.5. The molecule has 0 saturated heterocycles. The van der Waals surface area contributed by atoms with Crippen LogP contribution in [0.25, 0.3) is 0 Å². The van der Waals surface area contributed by atoms with Crippen molar-refractivity contribution in [2.75, 3.05) is 10.0 Å². The Morgan fingerprint density at radius 2 is 1.47 bits per heavy atom. The summed E-state index contributed by atoms with van der Waals surface area (Å²) in [5, 5.41) is 3.29. The SMILES string of the molecule is Cc1ccc(NS(=O)(=O)c2cc(C(=O)Nc3cc(Cl)ccc3C)ccc2C)cc1C. The average Bonchev–Trinajstić information content (AvgIpc) is 2.67. The second kappa shape index (κ2) is 8.50. The number of hydrogen-bond acceptors (Lipinski definition) is 3. The first-order chi connectivity index (χ1) is 14.1. The van der Waals surface area contributed by atoms with E-state index in [1.54, 1.807) is 49.4 Å². The lowest BCUT2D eigenvalue weighted by Gasteiger charge is -2.14. The van der Waals surface area contributed by atoms with Gasteiger partial charge in [0.1, 0.15) is 0 Å². The molecule has 1 amide bonds. The standard InChI is InChI=1S/C23H23ClN2O3S/c1-14-7-10-20(11-17(14)4)26-30(28,29)22-12-18(8-5-16(22)3)23(27)25-21-13-19(24)9-6-15(21)2/h5-13,26H,1-4H3,(H,25,27). The van der Waals surface area contributed by atoms with Crippen molar-refractivity contribution >= 4 is 38.9 Å². The molecule has 0 aliphatic rings. The maximum Gasteiger partial charge on any atom is 0.262 e. The largest absolute Gasteiger partial charge is 0.322 e. The van der Waals surface area contributed by atoms with Crippen LogP contribution >= 0.6 is 11.6 Å². The quantitative estimate of drug-likeness (QED) is 0.537. The van der Waals surface area contributed by atoms with E-state index in [0.29, 0.717) is 22.0 Å². The highest BCUT2D eigenvalue weighted by molar-refractivity contribution is 7.92. The zero-order valence-electron chi connectivity index (χ0n) is 17.2. The van der Waals surface area contributed by atoms with Gasteiger partial charge in [-0.1, -0.05) is 29.8 Å². The number of halogens is 1. The molecule has 0 bridgehead atoms. The van der Waals surface area contributed by atoms with Gasteiger partial charge in [0.15, 0.2) is 0 Å². The van der Waals surface area contributed by atoms with Crippen LogP contribution in [0.5, 0.6) is 0 Å². The van der Waals surface area contributed by atoms with Crippen molar-refractivity contribution in [3.63, 3.8) is 0 Å². The summed E-state index contributed by atoms with van der Waals surface area (Å²) in [7, 11) is -3.87. The van der Waals surface area contributed by atoms with Gasteiger partial charge in [0.25, 0.3) is 15.9 Å². The third-order valence-electron chi connectivity index (χ3n) is 4.95. The van der Waals surface area contributed by atoms with Gasteiger partial charge < -0.3 is 5.32 Å². The molecule has 0 aliphatic heterocycles. The summed E-state index contributed by atoms with van der Waals surface area (Å²) in [6, 6.07) is 15.1. The van der Waals surface area contributed by atoms with Crippen LogP contribution in [0.3, 0.4) is 0 Å². The van der Waals surface area contributed by atoms with Crippen LogP contribution in [0, 0.1) is 27.7 Å². The van der Waals surface area contributed by atoms with Crippen molar-refractivity contribution in [3.8, 4) is 0 Å². The number of aryl methyl sites for hydroxylation is 4. The molecule has 30 heavy (non-hydrogen) atoms. The third kappa shape index (κ3) is 4.83. The number of benzene rings is 3. The van der Waals surface area contributed by atoms with Crippen molar-refractivity contribution in [1.29, 1.82) is 0 Å². The first-order valence-corrected chi connectivity index (χ1v) is 11.2. The van der Waals surface area contributed by atoms with Gasteiger partial charge in [-0.2, -0.15) is 0 Å². The maximum absolute atomic E-state index is 13.0. The first kappa shape index (κ1) is 21.9. The average molecular weight is 443 g/mol. The Kier molecular flexibility index (Phi) is 6.19. The van der Waals surface area contributed by atoms with Gasteiger partial charge >= 0.3 is 0 Å². The number of amides is 1. The van der Waals surface area contributed by atoms with E-state index in [0.717, 1.165) is 16.7 Å². The van der Waals surface area contributed by atoms with Crippen molar-refractivity contribution in [2.45, 2.75) is 32.6 Å². The molecule has 3 aromatic carbocycles. The molecule has 3 rings (SSSR count). The van der Waals surface area contributed by atoms with Gasteiger partial charge in [-0.05, 0) is 86.3 Å². The lowest BCUT2D eigenvalue weighted by molar-refractivity contribution is 0.102. The first-order valence-electron chi connectivity index (χ1n) is 9.35. The Hall–Kier alpha value is -2.83. The van der Waals surface area contributed by atoms with Crippen molar-refractivity contribution in [2.24, 2.45) is 0 Å². The third-order valence-corrected chi connectivity index (χ3v) is 6.71. The minimum atomic E-state index is -3.87. The zero-order chi connectivity index (χ0) is 22.1. The Morgan fingerprint density at radius 3 is 2.17 bits per heavy atom. The molecule has 0 heterocycles. The lowest BCUT2D eigenvalue weighted by Crippen LogP contribution is -2.17. The predicted octanol–water partition coefficient (Wildman–Crippen LogP) is 5.63. The summed E-state index contributed by atoms with van der Waals surface area (Å²) in [4.78, 5) is 12.8. The molecule has 0 spiro atoms. The van der Waals surface area contributed by atoms with E-state index in [-0.39, 0.29) is 10.5 Å². The van der Waals surface area contributed by atoms with Gasteiger partial charge in [-0.3, -0.25) is 9.52 Å². The van der Waals surface area contributed by atoms with Crippen molar-refractivity contribution in [3.05, 3.63) is 87.4 Å². The van der Waals surface area contributed by atoms with Crippen LogP contribution < -0.4 is 10.0 Å². The monoisotopic (exact) mass is 442 g/mol. The number of nitrogens with one attached hydrogen (secondary N) is 2. The molecule has 7 heteroatoms. The van der Waals surface area contributed by atoms with Crippen LogP contribution in [0.15, 0.2) is 59.5 Å². The van der Waals surface area contributed by atoms with Crippen molar-refractivity contribution < 1.29 is 13.2 Å². The summed E-state index contributed by atoms with van der Waals surface area (Å²) < 4.78 is 28.6. The van der Waals surface area contributed by atoms with E-state index in [1.807, 2.05) is 26.8 Å². The normalized spacial score (nSPS) is 11.2. The fourth-order valence-corrected chi connectivity index (χ4v) is 4.46. The lowest BCUT2D eigenvalue weighted by atomic mass is 10.1. The van der Waals surface area contributed by atoms with Crippen LogP contribution in [-0.2, 0) is 10.0 Å². The second-order valence-electron chi connectivity index (χ2n) is 7.30. The molecule has 5 nitrogen and oxygen atoms in total. The molecule has 0 unspecified atom stereocenters. The van der Waals surface area contributed by atoms with Crippen LogP contribution in [0.1, 0.15) is 32.6 Å². The van der Waals surface area contributed by atoms with Gasteiger partial charge in [0, 0.05) is 22.0 Å². The fourth-order valence-electron chi connectivity index (χ4n) is 2.97. The number of carbonyl (C=O) groups excluding carboxylic acids is 1. The smallest absolute Gasteiger partial charge is 0.262 e. The molecule has 0 saturated carbocycles. The van der Waals surface area contributed by atoms with Crippen LogP contribution in [0.4, 0.5) is 11.4 Å². The molecular formula is C23H23ClN2O3S. The van der Waals surface area contributed by atoms with E-state index >= 15 is 0 Å². The van der Waals surface area contributed by atoms with Gasteiger partial charge in [-0.25, -0.2) is 8.42 Å². The second-order valence-corrected chi connectivity index (χ2v) is 9.39. The maximum atomic E-state index is 13.0. The van der Waals surface area contributed by atoms with Crippen LogP contribution in [0.2, 0.25) is 5.02 Å². The molecule has 0 aromatic heterocycles. The molecule has 0 fully saturated rings. The molecule has 0 radical (unpaired) electrons. The van der Waals surface area contributed by atoms with Gasteiger partial charge in [0.2, 0.25) is 0 Å². The van der Waals surface area contributed by atoms with Crippen molar-refractivity contribution in [1.82, 2.24) is 0 Å². The summed E-state index contributed by atoms with van der Waals surface area (Å²) >= 11 is 6.01. The molecule has 2 N–H and O–H groups in total. The highest BCUT2D eigenvalue weighted by Gasteiger charge is 2.20. The Bertz CT molecular complexity index is 1240. The van der Waals surface area contributed by atoms with Gasteiger partial charge in [0.05, 0.1) is 4.90 Å². The number of anilines is 2. The number of sulfonamides is 1. The molecule has 0 aliphatic carbocycles. The summed E-state index contributed by atoms with van der Waals surface area (Å²) in [6.07, 6.45) is 0. The van der Waals surface area contributed by atoms with E-state index < -0.39 is 15.9 Å². The Balaban J connectivity index is 1.91.